The lowest BCUT2D eigenvalue weighted by Crippen LogP contribution is -2.33. The fourth-order valence-electron chi connectivity index (χ4n) is 1.68. The van der Waals surface area contributed by atoms with Gasteiger partial charge in [0.05, 0.1) is 18.8 Å². The molecule has 1 aliphatic rings. The Bertz CT molecular complexity index is 369. The maximum Gasteiger partial charge on any atom is 0.239 e. The van der Waals surface area contributed by atoms with Crippen LogP contribution in [0, 0.1) is 0 Å². The van der Waals surface area contributed by atoms with Crippen molar-refractivity contribution in [2.24, 2.45) is 5.84 Å². The zero-order chi connectivity index (χ0) is 11.5. The first-order valence-corrected chi connectivity index (χ1v) is 5.40. The van der Waals surface area contributed by atoms with Crippen LogP contribution in [-0.2, 0) is 4.74 Å². The van der Waals surface area contributed by atoms with E-state index in [1.807, 2.05) is 11.9 Å². The minimum absolute atomic E-state index is 0.304. The molecule has 1 unspecified atom stereocenters. The number of rotatable bonds is 3. The first kappa shape index (κ1) is 11.4. The van der Waals surface area contributed by atoms with Crippen LogP contribution in [0.2, 0.25) is 5.02 Å². The Morgan fingerprint density at radius 1 is 1.69 bits per heavy atom. The molecule has 0 amide bonds. The molecular formula is C9H14ClN5O. The summed E-state index contributed by atoms with van der Waals surface area (Å²) in [7, 11) is 1.94. The number of hydrazine groups is 1. The molecular weight excluding hydrogens is 230 g/mol. The molecule has 0 radical (unpaired) electrons. The molecule has 0 saturated carbocycles. The van der Waals surface area contributed by atoms with E-state index in [0.29, 0.717) is 29.4 Å². The van der Waals surface area contributed by atoms with Gasteiger partial charge in [0.2, 0.25) is 5.95 Å². The van der Waals surface area contributed by atoms with E-state index < -0.39 is 0 Å². The number of nitrogens with zero attached hydrogens (tertiary/aromatic N) is 3. The van der Waals surface area contributed by atoms with Crippen molar-refractivity contribution in [1.29, 1.82) is 0 Å². The van der Waals surface area contributed by atoms with Gasteiger partial charge in [0.1, 0.15) is 5.02 Å². The molecule has 7 heteroatoms. The van der Waals surface area contributed by atoms with Crippen LogP contribution in [0.1, 0.15) is 6.42 Å². The van der Waals surface area contributed by atoms with Crippen molar-refractivity contribution in [1.82, 2.24) is 9.97 Å². The van der Waals surface area contributed by atoms with Gasteiger partial charge in [0.25, 0.3) is 0 Å². The molecule has 2 heterocycles. The SMILES string of the molecule is CN(c1nc(NN)ncc1Cl)C1CCOC1. The van der Waals surface area contributed by atoms with E-state index in [4.69, 9.17) is 22.2 Å². The smallest absolute Gasteiger partial charge is 0.239 e. The number of anilines is 2. The van der Waals surface area contributed by atoms with Gasteiger partial charge in [-0.1, -0.05) is 11.6 Å². The van der Waals surface area contributed by atoms with Gasteiger partial charge in [-0.3, -0.25) is 5.43 Å². The molecule has 1 saturated heterocycles. The van der Waals surface area contributed by atoms with Gasteiger partial charge in [-0.25, -0.2) is 10.8 Å². The number of hydrogen-bond acceptors (Lipinski definition) is 6. The highest BCUT2D eigenvalue weighted by Crippen LogP contribution is 2.26. The summed E-state index contributed by atoms with van der Waals surface area (Å²) >= 11 is 6.05. The summed E-state index contributed by atoms with van der Waals surface area (Å²) in [5.41, 5.74) is 2.40. The van der Waals surface area contributed by atoms with Crippen LogP contribution in [0.4, 0.5) is 11.8 Å². The second-order valence-electron chi connectivity index (χ2n) is 3.64. The first-order chi connectivity index (χ1) is 7.72. The summed E-state index contributed by atoms with van der Waals surface area (Å²) in [6.07, 6.45) is 2.51. The molecule has 16 heavy (non-hydrogen) atoms. The van der Waals surface area contributed by atoms with Crippen LogP contribution in [0.5, 0.6) is 0 Å². The molecule has 6 nitrogen and oxygen atoms in total. The molecule has 1 aliphatic heterocycles. The van der Waals surface area contributed by atoms with Gasteiger partial charge in [-0.2, -0.15) is 4.98 Å². The molecule has 1 aromatic heterocycles. The Hall–Kier alpha value is -1.11. The molecule has 3 N–H and O–H groups in total. The zero-order valence-electron chi connectivity index (χ0n) is 8.98. The van der Waals surface area contributed by atoms with E-state index in [2.05, 4.69) is 15.4 Å². The third-order valence-electron chi connectivity index (χ3n) is 2.64. The van der Waals surface area contributed by atoms with Crippen LogP contribution < -0.4 is 16.2 Å². The second kappa shape index (κ2) is 4.82. The Balaban J connectivity index is 2.23. The number of likely N-dealkylation sites (N-methyl/N-ethyl adjacent to an activating group) is 1. The molecule has 0 aromatic carbocycles. The molecule has 0 bridgehead atoms. The van der Waals surface area contributed by atoms with E-state index >= 15 is 0 Å². The van der Waals surface area contributed by atoms with E-state index in [9.17, 15) is 0 Å². The highest BCUT2D eigenvalue weighted by molar-refractivity contribution is 6.32. The fraction of sp³-hybridized carbons (Fsp3) is 0.556. The topological polar surface area (TPSA) is 76.3 Å². The largest absolute Gasteiger partial charge is 0.379 e. The Kier molecular flexibility index (Phi) is 3.42. The number of nitrogens with one attached hydrogen (secondary N) is 1. The molecule has 2 rings (SSSR count). The predicted octanol–water partition coefficient (Wildman–Crippen LogP) is 0.641. The molecule has 0 spiro atoms. The summed E-state index contributed by atoms with van der Waals surface area (Å²) in [6.45, 7) is 1.47. The normalized spacial score (nSPS) is 19.8. The Morgan fingerprint density at radius 2 is 2.50 bits per heavy atom. The second-order valence-corrected chi connectivity index (χ2v) is 4.05. The minimum Gasteiger partial charge on any atom is -0.379 e. The number of halogens is 1. The highest BCUT2D eigenvalue weighted by Gasteiger charge is 2.23. The van der Waals surface area contributed by atoms with E-state index in [1.165, 1.54) is 6.20 Å². The van der Waals surface area contributed by atoms with Gasteiger partial charge >= 0.3 is 0 Å². The highest BCUT2D eigenvalue weighted by atomic mass is 35.5. The predicted molar refractivity (Wildman–Crippen MR) is 62.5 cm³/mol. The van der Waals surface area contributed by atoms with Crippen LogP contribution in [0.25, 0.3) is 0 Å². The van der Waals surface area contributed by atoms with Crippen molar-refractivity contribution in [3.8, 4) is 0 Å². The van der Waals surface area contributed by atoms with Gasteiger partial charge in [-0.15, -0.1) is 0 Å². The van der Waals surface area contributed by atoms with E-state index in [0.717, 1.165) is 13.0 Å². The maximum atomic E-state index is 6.05. The summed E-state index contributed by atoms with van der Waals surface area (Å²) in [4.78, 5) is 10.2. The number of ether oxygens (including phenoxy) is 1. The van der Waals surface area contributed by atoms with Crippen LogP contribution in [0.3, 0.4) is 0 Å². The quantitative estimate of drug-likeness (QED) is 0.599. The number of hydrogen-bond donors (Lipinski definition) is 2. The Labute approximate surface area is 98.7 Å². The lowest BCUT2D eigenvalue weighted by Gasteiger charge is -2.25. The van der Waals surface area contributed by atoms with Crippen molar-refractivity contribution in [3.63, 3.8) is 0 Å². The van der Waals surface area contributed by atoms with Crippen molar-refractivity contribution in [3.05, 3.63) is 11.2 Å². The van der Waals surface area contributed by atoms with E-state index in [-0.39, 0.29) is 0 Å². The van der Waals surface area contributed by atoms with Crippen LogP contribution in [0.15, 0.2) is 6.20 Å². The van der Waals surface area contributed by atoms with Gasteiger partial charge in [0.15, 0.2) is 5.82 Å². The average molecular weight is 244 g/mol. The summed E-state index contributed by atoms with van der Waals surface area (Å²) < 4.78 is 5.33. The fourth-order valence-corrected chi connectivity index (χ4v) is 1.90. The van der Waals surface area contributed by atoms with Gasteiger partial charge in [0, 0.05) is 13.7 Å². The molecule has 0 aliphatic carbocycles. The van der Waals surface area contributed by atoms with Crippen LogP contribution in [-0.4, -0.2) is 36.3 Å². The monoisotopic (exact) mass is 243 g/mol. The maximum absolute atomic E-state index is 6.05. The molecule has 88 valence electrons. The van der Waals surface area contributed by atoms with Crippen molar-refractivity contribution in [2.45, 2.75) is 12.5 Å². The number of aromatic nitrogens is 2. The molecule has 1 atom stereocenters. The molecule has 1 aromatic rings. The van der Waals surface area contributed by atoms with Gasteiger partial charge in [-0.05, 0) is 6.42 Å². The molecule has 1 fully saturated rings. The lowest BCUT2D eigenvalue weighted by molar-refractivity contribution is 0.193. The lowest BCUT2D eigenvalue weighted by atomic mass is 10.2. The number of nitrogen functional groups attached to an aromatic ring is 1. The summed E-state index contributed by atoms with van der Waals surface area (Å²) in [5, 5.41) is 0.508. The van der Waals surface area contributed by atoms with Crippen molar-refractivity contribution in [2.75, 3.05) is 30.6 Å². The standard InChI is InChI=1S/C9H14ClN5O/c1-15(6-2-3-16-5-6)8-7(10)4-12-9(13-8)14-11/h4,6H,2-3,5,11H2,1H3,(H,12,13,14). The first-order valence-electron chi connectivity index (χ1n) is 5.02. The third kappa shape index (κ3) is 2.18. The zero-order valence-corrected chi connectivity index (χ0v) is 9.74. The van der Waals surface area contributed by atoms with Crippen LogP contribution >= 0.6 is 11.6 Å². The van der Waals surface area contributed by atoms with E-state index in [1.54, 1.807) is 0 Å². The summed E-state index contributed by atoms with van der Waals surface area (Å²) in [6, 6.07) is 0.304. The third-order valence-corrected chi connectivity index (χ3v) is 2.91. The van der Waals surface area contributed by atoms with Gasteiger partial charge < -0.3 is 9.64 Å². The van der Waals surface area contributed by atoms with Crippen molar-refractivity contribution >= 4 is 23.4 Å². The Morgan fingerprint density at radius 3 is 3.12 bits per heavy atom. The minimum atomic E-state index is 0.304. The average Bonchev–Trinajstić information content (AvgIpc) is 2.82. The van der Waals surface area contributed by atoms with Crippen molar-refractivity contribution < 1.29 is 4.74 Å². The summed E-state index contributed by atoms with van der Waals surface area (Å²) in [5.74, 6) is 6.28. The number of nitrogens with two attached hydrogens (primary N) is 1.